The number of ketones is 1. The van der Waals surface area contributed by atoms with Gasteiger partial charge in [0.25, 0.3) is 0 Å². The maximum Gasteiger partial charge on any atom is 0.528 e. The minimum atomic E-state index is -0.740. The molecule has 2 atom stereocenters. The van der Waals surface area contributed by atoms with E-state index in [0.29, 0.717) is 25.2 Å². The van der Waals surface area contributed by atoms with Crippen LogP contribution in [0.5, 0.6) is 0 Å². The van der Waals surface area contributed by atoms with Gasteiger partial charge in [-0.3, -0.25) is 4.79 Å². The topological polar surface area (TPSA) is 65.1 Å². The standard InChI is InChI=1S/C17H29NO5/c1-16(2,3)22-15(20)23-18-13(11-21-17(18,4)5)10-12-8-6-7-9-14(12)19/h12-13H,6-11H2,1-5H3. The lowest BCUT2D eigenvalue weighted by molar-refractivity contribution is -0.235. The monoisotopic (exact) mass is 327 g/mol. The van der Waals surface area contributed by atoms with Crippen molar-refractivity contribution in [1.82, 2.24) is 5.06 Å². The lowest BCUT2D eigenvalue weighted by Gasteiger charge is -2.33. The molecule has 2 fully saturated rings. The second kappa shape index (κ2) is 6.77. The fourth-order valence-electron chi connectivity index (χ4n) is 3.20. The predicted octanol–water partition coefficient (Wildman–Crippen LogP) is 3.44. The highest BCUT2D eigenvalue weighted by Crippen LogP contribution is 2.34. The van der Waals surface area contributed by atoms with Gasteiger partial charge in [-0.1, -0.05) is 6.42 Å². The van der Waals surface area contributed by atoms with Crippen LogP contribution in [0.1, 0.15) is 66.7 Å². The van der Waals surface area contributed by atoms with Gasteiger partial charge in [-0.25, -0.2) is 4.79 Å². The third-order valence-electron chi connectivity index (χ3n) is 4.29. The summed E-state index contributed by atoms with van der Waals surface area (Å²) in [6.07, 6.45) is 3.56. The number of rotatable bonds is 3. The van der Waals surface area contributed by atoms with Gasteiger partial charge in [-0.15, -0.1) is 5.06 Å². The number of hydrogen-bond acceptors (Lipinski definition) is 6. The van der Waals surface area contributed by atoms with Crippen LogP contribution in [0.25, 0.3) is 0 Å². The van der Waals surface area contributed by atoms with Crippen LogP contribution in [0, 0.1) is 5.92 Å². The average molecular weight is 327 g/mol. The molecule has 1 saturated carbocycles. The molecule has 2 aliphatic rings. The molecule has 2 unspecified atom stereocenters. The highest BCUT2D eigenvalue weighted by molar-refractivity contribution is 5.81. The summed E-state index contributed by atoms with van der Waals surface area (Å²) in [7, 11) is 0. The smallest absolute Gasteiger partial charge is 0.427 e. The van der Waals surface area contributed by atoms with E-state index in [1.165, 1.54) is 0 Å². The Morgan fingerprint density at radius 2 is 2.04 bits per heavy atom. The zero-order chi connectivity index (χ0) is 17.3. The van der Waals surface area contributed by atoms with Crippen molar-refractivity contribution >= 4 is 11.9 Å². The van der Waals surface area contributed by atoms with Crippen LogP contribution < -0.4 is 0 Å². The Bertz CT molecular complexity index is 454. The lowest BCUT2D eigenvalue weighted by Crippen LogP contribution is -2.47. The zero-order valence-electron chi connectivity index (χ0n) is 14.9. The summed E-state index contributed by atoms with van der Waals surface area (Å²) in [4.78, 5) is 29.5. The van der Waals surface area contributed by atoms with E-state index in [-0.39, 0.29) is 12.0 Å². The molecule has 0 aromatic heterocycles. The van der Waals surface area contributed by atoms with E-state index in [0.717, 1.165) is 19.3 Å². The Morgan fingerprint density at radius 3 is 2.65 bits per heavy atom. The van der Waals surface area contributed by atoms with E-state index in [9.17, 15) is 9.59 Å². The van der Waals surface area contributed by atoms with Crippen LogP contribution in [-0.2, 0) is 19.1 Å². The van der Waals surface area contributed by atoms with E-state index in [1.54, 1.807) is 25.8 Å². The Hall–Kier alpha value is -1.14. The predicted molar refractivity (Wildman–Crippen MR) is 84.6 cm³/mol. The molecule has 0 aromatic carbocycles. The first-order valence-electron chi connectivity index (χ1n) is 8.45. The highest BCUT2D eigenvalue weighted by Gasteiger charge is 2.46. The molecule has 6 nitrogen and oxygen atoms in total. The van der Waals surface area contributed by atoms with Crippen molar-refractivity contribution in [2.75, 3.05) is 6.61 Å². The van der Waals surface area contributed by atoms with E-state index < -0.39 is 17.5 Å². The SMILES string of the molecule is CC(C)(C)OC(=O)ON1C(CC2CCCCC2=O)COC1(C)C. The minimum Gasteiger partial charge on any atom is -0.427 e. The third kappa shape index (κ3) is 4.91. The molecule has 0 spiro atoms. The van der Waals surface area contributed by atoms with Crippen LogP contribution in [-0.4, -0.2) is 41.0 Å². The number of carbonyl (C=O) groups is 2. The maximum absolute atomic E-state index is 12.1. The largest absolute Gasteiger partial charge is 0.528 e. The lowest BCUT2D eigenvalue weighted by atomic mass is 9.84. The van der Waals surface area contributed by atoms with Gasteiger partial charge >= 0.3 is 6.16 Å². The first-order chi connectivity index (χ1) is 10.6. The fraction of sp³-hybridized carbons (Fsp3) is 0.882. The van der Waals surface area contributed by atoms with E-state index in [4.69, 9.17) is 14.3 Å². The Balaban J connectivity index is 2.00. The van der Waals surface area contributed by atoms with Crippen LogP contribution in [0.4, 0.5) is 4.79 Å². The number of Topliss-reactive ketones (excluding diaryl/α,β-unsaturated/α-hetero) is 1. The number of ether oxygens (including phenoxy) is 2. The van der Waals surface area contributed by atoms with Gasteiger partial charge in [0, 0.05) is 12.3 Å². The van der Waals surface area contributed by atoms with Gasteiger partial charge in [0.05, 0.1) is 12.6 Å². The molecule has 0 aromatic rings. The summed E-state index contributed by atoms with van der Waals surface area (Å²) in [6, 6.07) is -0.121. The number of carbonyl (C=O) groups excluding carboxylic acids is 2. The molecule has 6 heteroatoms. The maximum atomic E-state index is 12.1. The van der Waals surface area contributed by atoms with E-state index in [1.807, 2.05) is 13.8 Å². The van der Waals surface area contributed by atoms with Gasteiger partial charge in [0.2, 0.25) is 0 Å². The van der Waals surface area contributed by atoms with Crippen LogP contribution in [0.15, 0.2) is 0 Å². The number of nitrogens with zero attached hydrogens (tertiary/aromatic N) is 1. The van der Waals surface area contributed by atoms with Crippen molar-refractivity contribution in [3.05, 3.63) is 0 Å². The summed E-state index contributed by atoms with van der Waals surface area (Å²) in [5.41, 5.74) is -1.34. The van der Waals surface area contributed by atoms with Crippen LogP contribution in [0.3, 0.4) is 0 Å². The van der Waals surface area contributed by atoms with E-state index in [2.05, 4.69) is 0 Å². The fourth-order valence-corrected chi connectivity index (χ4v) is 3.20. The van der Waals surface area contributed by atoms with Gasteiger partial charge in [-0.2, -0.15) is 0 Å². The summed E-state index contributed by atoms with van der Waals surface area (Å²) in [5, 5.41) is 1.56. The average Bonchev–Trinajstić information content (AvgIpc) is 2.67. The Labute approximate surface area is 138 Å². The van der Waals surface area contributed by atoms with Gasteiger partial charge in [-0.05, 0) is 53.9 Å². The molecule has 1 saturated heterocycles. The Morgan fingerprint density at radius 1 is 1.35 bits per heavy atom. The molecule has 1 aliphatic heterocycles. The molecular formula is C17H29NO5. The zero-order valence-corrected chi connectivity index (χ0v) is 14.9. The van der Waals surface area contributed by atoms with Crippen molar-refractivity contribution in [2.45, 2.75) is 84.1 Å². The molecule has 132 valence electrons. The van der Waals surface area contributed by atoms with E-state index >= 15 is 0 Å². The molecule has 0 bridgehead atoms. The first kappa shape index (κ1) is 18.2. The third-order valence-corrected chi connectivity index (χ3v) is 4.29. The van der Waals surface area contributed by atoms with Crippen molar-refractivity contribution in [3.63, 3.8) is 0 Å². The minimum absolute atomic E-state index is 0.0380. The van der Waals surface area contributed by atoms with Crippen LogP contribution in [0.2, 0.25) is 0 Å². The molecule has 2 rings (SSSR count). The molecular weight excluding hydrogens is 298 g/mol. The summed E-state index contributed by atoms with van der Waals surface area (Å²) in [5.74, 6) is 0.356. The first-order valence-corrected chi connectivity index (χ1v) is 8.45. The summed E-state index contributed by atoms with van der Waals surface area (Å²) in [6.45, 7) is 9.51. The normalized spacial score (nSPS) is 28.7. The molecule has 0 amide bonds. The molecule has 23 heavy (non-hydrogen) atoms. The quantitative estimate of drug-likeness (QED) is 0.740. The molecule has 0 N–H and O–H groups in total. The van der Waals surface area contributed by atoms with Crippen molar-refractivity contribution < 1.29 is 23.9 Å². The van der Waals surface area contributed by atoms with Crippen LogP contribution >= 0.6 is 0 Å². The Kier molecular flexibility index (Phi) is 5.36. The van der Waals surface area contributed by atoms with Gasteiger partial charge < -0.3 is 14.3 Å². The summed E-state index contributed by atoms with van der Waals surface area (Å²) < 4.78 is 11.0. The van der Waals surface area contributed by atoms with Crippen molar-refractivity contribution in [1.29, 1.82) is 0 Å². The number of hydrogen-bond donors (Lipinski definition) is 0. The molecule has 0 radical (unpaired) electrons. The molecule has 1 aliphatic carbocycles. The van der Waals surface area contributed by atoms with Crippen molar-refractivity contribution in [2.24, 2.45) is 5.92 Å². The number of hydroxylamine groups is 2. The second-order valence-corrected chi connectivity index (χ2v) is 7.94. The van der Waals surface area contributed by atoms with Crippen molar-refractivity contribution in [3.8, 4) is 0 Å². The highest BCUT2D eigenvalue weighted by atomic mass is 16.8. The van der Waals surface area contributed by atoms with Gasteiger partial charge in [0.1, 0.15) is 17.1 Å². The van der Waals surface area contributed by atoms with Gasteiger partial charge in [0.15, 0.2) is 0 Å². The molecule has 1 heterocycles. The summed E-state index contributed by atoms with van der Waals surface area (Å²) >= 11 is 0. The second-order valence-electron chi connectivity index (χ2n) is 7.94.